The SMILES string of the molecule is COc1cc(C)cc(F)c1C(CN)C(F)(F)F. The van der Waals surface area contributed by atoms with Crippen molar-refractivity contribution in [1.29, 1.82) is 0 Å². The fourth-order valence-corrected chi connectivity index (χ4v) is 1.64. The van der Waals surface area contributed by atoms with Gasteiger partial charge in [0.15, 0.2) is 0 Å². The first kappa shape index (κ1) is 13.8. The third kappa shape index (κ3) is 2.88. The topological polar surface area (TPSA) is 35.2 Å². The Morgan fingerprint density at radius 1 is 1.35 bits per heavy atom. The van der Waals surface area contributed by atoms with Crippen molar-refractivity contribution in [2.75, 3.05) is 13.7 Å². The summed E-state index contributed by atoms with van der Waals surface area (Å²) in [6, 6.07) is 2.39. The number of nitrogens with two attached hydrogens (primary N) is 1. The fraction of sp³-hybridized carbons (Fsp3) is 0.455. The number of benzene rings is 1. The Morgan fingerprint density at radius 3 is 2.35 bits per heavy atom. The van der Waals surface area contributed by atoms with Gasteiger partial charge in [-0.1, -0.05) is 0 Å². The van der Waals surface area contributed by atoms with Crippen LogP contribution in [0, 0.1) is 12.7 Å². The molecule has 0 radical (unpaired) electrons. The molecule has 0 aromatic heterocycles. The van der Waals surface area contributed by atoms with Gasteiger partial charge in [-0.3, -0.25) is 0 Å². The molecule has 0 aliphatic rings. The first-order chi connectivity index (χ1) is 7.81. The summed E-state index contributed by atoms with van der Waals surface area (Å²) >= 11 is 0. The largest absolute Gasteiger partial charge is 0.496 e. The lowest BCUT2D eigenvalue weighted by Gasteiger charge is -2.22. The molecule has 1 aromatic rings. The summed E-state index contributed by atoms with van der Waals surface area (Å²) < 4.78 is 56.5. The van der Waals surface area contributed by atoms with E-state index in [0.29, 0.717) is 5.56 Å². The van der Waals surface area contributed by atoms with E-state index in [1.54, 1.807) is 6.92 Å². The molecule has 0 fully saturated rings. The lowest BCUT2D eigenvalue weighted by Crippen LogP contribution is -2.29. The van der Waals surface area contributed by atoms with E-state index in [-0.39, 0.29) is 5.75 Å². The summed E-state index contributed by atoms with van der Waals surface area (Å²) in [5.41, 5.74) is 5.03. The highest BCUT2D eigenvalue weighted by Gasteiger charge is 2.42. The molecule has 0 saturated carbocycles. The number of methoxy groups -OCH3 is 1. The van der Waals surface area contributed by atoms with Crippen LogP contribution in [0.4, 0.5) is 17.6 Å². The molecular weight excluding hydrogens is 238 g/mol. The smallest absolute Gasteiger partial charge is 0.397 e. The molecule has 0 spiro atoms. The van der Waals surface area contributed by atoms with Gasteiger partial charge < -0.3 is 10.5 Å². The van der Waals surface area contributed by atoms with Gasteiger partial charge in [0.05, 0.1) is 13.0 Å². The number of halogens is 4. The second-order valence-corrected chi connectivity index (χ2v) is 3.69. The zero-order chi connectivity index (χ0) is 13.2. The maximum atomic E-state index is 13.6. The van der Waals surface area contributed by atoms with Crippen molar-refractivity contribution in [2.45, 2.75) is 19.0 Å². The molecule has 0 aliphatic heterocycles. The van der Waals surface area contributed by atoms with Crippen molar-refractivity contribution in [3.63, 3.8) is 0 Å². The molecule has 0 saturated heterocycles. The fourth-order valence-electron chi connectivity index (χ4n) is 1.64. The molecule has 0 amide bonds. The number of hydrogen-bond donors (Lipinski definition) is 1. The molecule has 17 heavy (non-hydrogen) atoms. The third-order valence-corrected chi connectivity index (χ3v) is 2.44. The van der Waals surface area contributed by atoms with Crippen molar-refractivity contribution in [1.82, 2.24) is 0 Å². The van der Waals surface area contributed by atoms with Gasteiger partial charge in [0.2, 0.25) is 0 Å². The van der Waals surface area contributed by atoms with Gasteiger partial charge in [-0.25, -0.2) is 4.39 Å². The van der Waals surface area contributed by atoms with Gasteiger partial charge in [-0.2, -0.15) is 13.2 Å². The summed E-state index contributed by atoms with van der Waals surface area (Å²) in [6.07, 6.45) is -4.60. The van der Waals surface area contributed by atoms with Crippen LogP contribution < -0.4 is 10.5 Å². The Morgan fingerprint density at radius 2 is 1.94 bits per heavy atom. The molecule has 0 aliphatic carbocycles. The van der Waals surface area contributed by atoms with Crippen molar-refractivity contribution in [3.8, 4) is 5.75 Å². The van der Waals surface area contributed by atoms with Crippen LogP contribution in [0.5, 0.6) is 5.75 Å². The molecule has 1 atom stereocenters. The molecule has 0 heterocycles. The van der Waals surface area contributed by atoms with E-state index in [4.69, 9.17) is 10.5 Å². The third-order valence-electron chi connectivity index (χ3n) is 2.44. The van der Waals surface area contributed by atoms with Crippen LogP contribution in [-0.2, 0) is 0 Å². The normalized spacial score (nSPS) is 13.6. The monoisotopic (exact) mass is 251 g/mol. The predicted octanol–water partition coefficient (Wildman–Crippen LogP) is 2.75. The molecule has 2 nitrogen and oxygen atoms in total. The Bertz CT molecular complexity index is 403. The zero-order valence-corrected chi connectivity index (χ0v) is 9.44. The second kappa shape index (κ2) is 4.91. The van der Waals surface area contributed by atoms with Crippen LogP contribution in [0.25, 0.3) is 0 Å². The summed E-state index contributed by atoms with van der Waals surface area (Å²) in [4.78, 5) is 0. The van der Waals surface area contributed by atoms with Crippen molar-refractivity contribution in [2.24, 2.45) is 5.73 Å². The minimum Gasteiger partial charge on any atom is -0.496 e. The number of ether oxygens (including phenoxy) is 1. The maximum Gasteiger partial charge on any atom is 0.397 e. The minimum atomic E-state index is -4.60. The highest BCUT2D eigenvalue weighted by Crippen LogP contribution is 2.40. The number of hydrogen-bond acceptors (Lipinski definition) is 2. The lowest BCUT2D eigenvalue weighted by molar-refractivity contribution is -0.149. The van der Waals surface area contributed by atoms with Gasteiger partial charge >= 0.3 is 6.18 Å². The van der Waals surface area contributed by atoms with Crippen molar-refractivity contribution in [3.05, 3.63) is 29.1 Å². The summed E-state index contributed by atoms with van der Waals surface area (Å²) in [6.45, 7) is 0.847. The summed E-state index contributed by atoms with van der Waals surface area (Å²) in [7, 11) is 1.20. The van der Waals surface area contributed by atoms with E-state index in [0.717, 1.165) is 6.07 Å². The van der Waals surface area contributed by atoms with Crippen LogP contribution in [0.15, 0.2) is 12.1 Å². The Hall–Kier alpha value is -1.30. The first-order valence-corrected chi connectivity index (χ1v) is 4.92. The van der Waals surface area contributed by atoms with Crippen LogP contribution in [0.2, 0.25) is 0 Å². The summed E-state index contributed by atoms with van der Waals surface area (Å²) in [5.74, 6) is -3.14. The molecule has 1 aromatic carbocycles. The predicted molar refractivity (Wildman–Crippen MR) is 55.5 cm³/mol. The van der Waals surface area contributed by atoms with E-state index in [1.807, 2.05) is 0 Å². The highest BCUT2D eigenvalue weighted by molar-refractivity contribution is 5.41. The standard InChI is InChI=1S/C11H13F4NO/c1-6-3-8(12)10(9(4-6)17-2)7(5-16)11(13,14)15/h3-4,7H,5,16H2,1-2H3. The lowest BCUT2D eigenvalue weighted by atomic mass is 9.95. The summed E-state index contributed by atoms with van der Waals surface area (Å²) in [5, 5.41) is 0. The first-order valence-electron chi connectivity index (χ1n) is 4.92. The molecule has 1 rings (SSSR count). The molecule has 96 valence electrons. The molecular formula is C11H13F4NO. The second-order valence-electron chi connectivity index (χ2n) is 3.69. The molecule has 2 N–H and O–H groups in total. The van der Waals surface area contributed by atoms with E-state index >= 15 is 0 Å². The van der Waals surface area contributed by atoms with Gasteiger partial charge in [0, 0.05) is 12.1 Å². The van der Waals surface area contributed by atoms with Gasteiger partial charge in [0.25, 0.3) is 0 Å². The maximum absolute atomic E-state index is 13.6. The molecule has 6 heteroatoms. The zero-order valence-electron chi connectivity index (χ0n) is 9.44. The van der Waals surface area contributed by atoms with Crippen LogP contribution >= 0.6 is 0 Å². The van der Waals surface area contributed by atoms with Crippen molar-refractivity contribution < 1.29 is 22.3 Å². The number of aryl methyl sites for hydroxylation is 1. The van der Waals surface area contributed by atoms with E-state index in [2.05, 4.69) is 0 Å². The van der Waals surface area contributed by atoms with E-state index in [9.17, 15) is 17.6 Å². The average Bonchev–Trinajstić information content (AvgIpc) is 2.19. The molecule has 0 bridgehead atoms. The minimum absolute atomic E-state index is 0.129. The van der Waals surface area contributed by atoms with Gasteiger partial charge in [0.1, 0.15) is 11.6 Å². The van der Waals surface area contributed by atoms with E-state index in [1.165, 1.54) is 13.2 Å². The number of alkyl halides is 3. The van der Waals surface area contributed by atoms with Crippen LogP contribution in [-0.4, -0.2) is 19.8 Å². The number of rotatable bonds is 3. The van der Waals surface area contributed by atoms with Crippen LogP contribution in [0.1, 0.15) is 17.0 Å². The van der Waals surface area contributed by atoms with Crippen LogP contribution in [0.3, 0.4) is 0 Å². The quantitative estimate of drug-likeness (QED) is 0.838. The Kier molecular flexibility index (Phi) is 3.98. The highest BCUT2D eigenvalue weighted by atomic mass is 19.4. The molecule has 1 unspecified atom stereocenters. The Labute approximate surface area is 96.4 Å². The van der Waals surface area contributed by atoms with Gasteiger partial charge in [-0.15, -0.1) is 0 Å². The Balaban J connectivity index is 3.37. The average molecular weight is 251 g/mol. The van der Waals surface area contributed by atoms with Gasteiger partial charge in [-0.05, 0) is 24.6 Å². The van der Waals surface area contributed by atoms with E-state index < -0.39 is 30.0 Å². The van der Waals surface area contributed by atoms with Crippen molar-refractivity contribution >= 4 is 0 Å².